The molecule has 1 N–H and O–H groups in total. The lowest BCUT2D eigenvalue weighted by molar-refractivity contribution is 0.0277. The average Bonchev–Trinajstić information content (AvgIpc) is 2.76. The molecular weight excluding hydrogens is 272 g/mol. The number of aromatic nitrogens is 1. The molecule has 2 unspecified atom stereocenters. The third-order valence-corrected chi connectivity index (χ3v) is 4.97. The van der Waals surface area contributed by atoms with Crippen LogP contribution < -0.4 is 5.32 Å². The molecule has 0 saturated heterocycles. The molecule has 0 amide bonds. The summed E-state index contributed by atoms with van der Waals surface area (Å²) < 4.78 is 10.5. The number of ether oxygens (including phenoxy) is 2. The van der Waals surface area contributed by atoms with Gasteiger partial charge in [-0.1, -0.05) is 20.8 Å². The molecule has 5 heteroatoms. The molecule has 0 fully saturated rings. The summed E-state index contributed by atoms with van der Waals surface area (Å²) >= 11 is 1.80. The van der Waals surface area contributed by atoms with Crippen molar-refractivity contribution in [3.8, 4) is 0 Å². The predicted molar refractivity (Wildman–Crippen MR) is 84.6 cm³/mol. The number of rotatable bonds is 7. The molecule has 1 aromatic heterocycles. The summed E-state index contributed by atoms with van der Waals surface area (Å²) in [4.78, 5) is 6.02. The second kappa shape index (κ2) is 7.50. The van der Waals surface area contributed by atoms with E-state index >= 15 is 0 Å². The minimum atomic E-state index is 0.0813. The molecule has 0 aliphatic heterocycles. The second-order valence-corrected chi connectivity index (χ2v) is 7.19. The molecule has 1 aromatic rings. The number of thiazole rings is 1. The van der Waals surface area contributed by atoms with Crippen molar-refractivity contribution in [3.05, 3.63) is 15.6 Å². The minimum absolute atomic E-state index is 0.0813. The van der Waals surface area contributed by atoms with E-state index in [1.165, 1.54) is 9.88 Å². The van der Waals surface area contributed by atoms with Gasteiger partial charge < -0.3 is 14.8 Å². The highest BCUT2D eigenvalue weighted by Gasteiger charge is 2.22. The van der Waals surface area contributed by atoms with Crippen molar-refractivity contribution in [3.63, 3.8) is 0 Å². The monoisotopic (exact) mass is 300 g/mol. The minimum Gasteiger partial charge on any atom is -0.382 e. The number of nitrogens with one attached hydrogen (secondary N) is 1. The van der Waals surface area contributed by atoms with Crippen LogP contribution >= 0.6 is 11.3 Å². The molecule has 0 spiro atoms. The van der Waals surface area contributed by atoms with Crippen LogP contribution in [-0.4, -0.2) is 38.5 Å². The SMILES string of the molecule is COCC(CNC(C)c1sc(C(C)(C)C)nc1C)OC. The molecule has 0 aromatic carbocycles. The van der Waals surface area contributed by atoms with E-state index < -0.39 is 0 Å². The summed E-state index contributed by atoms with van der Waals surface area (Å²) in [7, 11) is 3.41. The number of aryl methyl sites for hydroxylation is 1. The van der Waals surface area contributed by atoms with Crippen LogP contribution in [0.1, 0.15) is 49.3 Å². The lowest BCUT2D eigenvalue weighted by Gasteiger charge is -2.19. The number of hydrogen-bond donors (Lipinski definition) is 1. The number of nitrogens with zero attached hydrogens (tertiary/aromatic N) is 1. The molecule has 4 nitrogen and oxygen atoms in total. The van der Waals surface area contributed by atoms with Gasteiger partial charge in [0.25, 0.3) is 0 Å². The van der Waals surface area contributed by atoms with Gasteiger partial charge in [0, 0.05) is 37.1 Å². The van der Waals surface area contributed by atoms with Gasteiger partial charge in [0.05, 0.1) is 23.4 Å². The van der Waals surface area contributed by atoms with Crippen LogP contribution in [-0.2, 0) is 14.9 Å². The maximum absolute atomic E-state index is 5.37. The molecule has 0 bridgehead atoms. The largest absolute Gasteiger partial charge is 0.382 e. The van der Waals surface area contributed by atoms with E-state index in [0.29, 0.717) is 6.61 Å². The van der Waals surface area contributed by atoms with Gasteiger partial charge in [-0.15, -0.1) is 11.3 Å². The van der Waals surface area contributed by atoms with Crippen molar-refractivity contribution in [2.75, 3.05) is 27.4 Å². The Labute approximate surface area is 126 Å². The van der Waals surface area contributed by atoms with Crippen molar-refractivity contribution in [2.45, 2.75) is 52.2 Å². The Kier molecular flexibility index (Phi) is 6.58. The average molecular weight is 300 g/mol. The quantitative estimate of drug-likeness (QED) is 0.840. The van der Waals surface area contributed by atoms with Gasteiger partial charge in [-0.25, -0.2) is 4.98 Å². The Morgan fingerprint density at radius 2 is 1.95 bits per heavy atom. The summed E-state index contributed by atoms with van der Waals surface area (Å²) in [5, 5.41) is 4.70. The maximum Gasteiger partial charge on any atom is 0.0985 e. The van der Waals surface area contributed by atoms with Crippen LogP contribution in [0, 0.1) is 6.92 Å². The molecule has 0 saturated carbocycles. The molecule has 1 heterocycles. The van der Waals surface area contributed by atoms with E-state index in [-0.39, 0.29) is 17.6 Å². The van der Waals surface area contributed by atoms with Crippen molar-refractivity contribution in [1.82, 2.24) is 10.3 Å². The molecule has 2 atom stereocenters. The Hall–Kier alpha value is -0.490. The first-order valence-corrected chi connectivity index (χ1v) is 7.84. The smallest absolute Gasteiger partial charge is 0.0985 e. The normalized spacial score (nSPS) is 15.3. The third kappa shape index (κ3) is 4.81. The van der Waals surface area contributed by atoms with Crippen LogP contribution in [0.15, 0.2) is 0 Å². The molecule has 1 rings (SSSR count). The van der Waals surface area contributed by atoms with Crippen molar-refractivity contribution >= 4 is 11.3 Å². The summed E-state index contributed by atoms with van der Waals surface area (Å²) in [6.45, 7) is 12.2. The summed E-state index contributed by atoms with van der Waals surface area (Å²) in [6.07, 6.45) is 0.0813. The summed E-state index contributed by atoms with van der Waals surface area (Å²) in [5.74, 6) is 0. The fraction of sp³-hybridized carbons (Fsp3) is 0.800. The van der Waals surface area contributed by atoms with Crippen LogP contribution in [0.5, 0.6) is 0 Å². The van der Waals surface area contributed by atoms with Crippen molar-refractivity contribution in [2.24, 2.45) is 0 Å². The lowest BCUT2D eigenvalue weighted by Crippen LogP contribution is -2.33. The Balaban J connectivity index is 2.68. The van der Waals surface area contributed by atoms with E-state index in [2.05, 4.69) is 39.9 Å². The van der Waals surface area contributed by atoms with Crippen molar-refractivity contribution < 1.29 is 9.47 Å². The topological polar surface area (TPSA) is 43.4 Å². The Morgan fingerprint density at radius 1 is 1.30 bits per heavy atom. The van der Waals surface area contributed by atoms with Gasteiger partial charge in [0.15, 0.2) is 0 Å². The van der Waals surface area contributed by atoms with Gasteiger partial charge >= 0.3 is 0 Å². The van der Waals surface area contributed by atoms with Crippen LogP contribution in [0.4, 0.5) is 0 Å². The first-order valence-electron chi connectivity index (χ1n) is 7.02. The van der Waals surface area contributed by atoms with E-state index in [9.17, 15) is 0 Å². The third-order valence-electron chi connectivity index (χ3n) is 3.20. The zero-order valence-electron chi connectivity index (χ0n) is 13.7. The number of methoxy groups -OCH3 is 2. The Bertz CT molecular complexity index is 412. The zero-order chi connectivity index (χ0) is 15.3. The highest BCUT2D eigenvalue weighted by molar-refractivity contribution is 7.12. The fourth-order valence-corrected chi connectivity index (χ4v) is 3.08. The maximum atomic E-state index is 5.37. The van der Waals surface area contributed by atoms with E-state index in [1.807, 2.05) is 0 Å². The van der Waals surface area contributed by atoms with Crippen molar-refractivity contribution in [1.29, 1.82) is 0 Å². The number of hydrogen-bond acceptors (Lipinski definition) is 5. The van der Waals surface area contributed by atoms with E-state index in [0.717, 1.165) is 12.2 Å². The van der Waals surface area contributed by atoms with Gasteiger partial charge in [-0.3, -0.25) is 0 Å². The highest BCUT2D eigenvalue weighted by Crippen LogP contribution is 2.32. The highest BCUT2D eigenvalue weighted by atomic mass is 32.1. The molecule has 0 aliphatic carbocycles. The van der Waals surface area contributed by atoms with Crippen LogP contribution in [0.25, 0.3) is 0 Å². The lowest BCUT2D eigenvalue weighted by atomic mass is 9.98. The predicted octanol–water partition coefficient (Wildman–Crippen LogP) is 3.06. The van der Waals surface area contributed by atoms with Crippen LogP contribution in [0.2, 0.25) is 0 Å². The Morgan fingerprint density at radius 3 is 2.40 bits per heavy atom. The van der Waals surface area contributed by atoms with E-state index in [1.54, 1.807) is 25.6 Å². The first-order chi connectivity index (χ1) is 9.29. The molecule has 0 radical (unpaired) electrons. The van der Waals surface area contributed by atoms with Gasteiger partial charge in [-0.05, 0) is 13.8 Å². The first kappa shape index (κ1) is 17.6. The molecule has 0 aliphatic rings. The molecule has 116 valence electrons. The summed E-state index contributed by atoms with van der Waals surface area (Å²) in [6, 6.07) is 0.276. The van der Waals surface area contributed by atoms with Gasteiger partial charge in [0.2, 0.25) is 0 Å². The fourth-order valence-electron chi connectivity index (χ4n) is 1.93. The second-order valence-electron chi connectivity index (χ2n) is 6.16. The van der Waals surface area contributed by atoms with Gasteiger partial charge in [-0.2, -0.15) is 0 Å². The molecular formula is C15H28N2O2S. The molecule has 20 heavy (non-hydrogen) atoms. The van der Waals surface area contributed by atoms with Gasteiger partial charge in [0.1, 0.15) is 0 Å². The zero-order valence-corrected chi connectivity index (χ0v) is 14.6. The standard InChI is InChI=1S/C15H28N2O2S/c1-10(16-8-12(19-7)9-18-6)13-11(2)17-14(20-13)15(3,4)5/h10,12,16H,8-9H2,1-7H3. The summed E-state index contributed by atoms with van der Waals surface area (Å²) in [5.41, 5.74) is 1.24. The van der Waals surface area contributed by atoms with Crippen LogP contribution in [0.3, 0.4) is 0 Å². The van der Waals surface area contributed by atoms with E-state index in [4.69, 9.17) is 14.5 Å².